The van der Waals surface area contributed by atoms with Gasteiger partial charge in [0.05, 0.1) is 16.4 Å². The third-order valence-corrected chi connectivity index (χ3v) is 3.54. The second kappa shape index (κ2) is 4.67. The monoisotopic (exact) mass is 267 g/mol. The summed E-state index contributed by atoms with van der Waals surface area (Å²) in [5.74, 6) is 0.692. The Hall–Kier alpha value is -2.45. The van der Waals surface area contributed by atoms with Gasteiger partial charge in [0.25, 0.3) is 0 Å². The molecule has 3 heterocycles. The molecule has 0 aliphatic rings. The standard InChI is InChI=1S/C14H9N3OS/c1-9-2-4-11(8-16-9)18-14-6-12-13(19-14)5-3-10(7-15)17-12/h2-6,8H,1H3. The summed E-state index contributed by atoms with van der Waals surface area (Å²) in [5.41, 5.74) is 2.14. The SMILES string of the molecule is Cc1ccc(Oc2cc3nc(C#N)ccc3s2)cn1. The highest BCUT2D eigenvalue weighted by molar-refractivity contribution is 7.20. The molecule has 0 radical (unpaired) electrons. The van der Waals surface area contributed by atoms with E-state index < -0.39 is 0 Å². The van der Waals surface area contributed by atoms with E-state index in [1.54, 1.807) is 12.3 Å². The average Bonchev–Trinajstić information content (AvgIpc) is 2.82. The molecular weight excluding hydrogens is 258 g/mol. The van der Waals surface area contributed by atoms with Crippen LogP contribution in [0.15, 0.2) is 36.5 Å². The highest BCUT2D eigenvalue weighted by Crippen LogP contribution is 2.33. The molecule has 0 fully saturated rings. The fraction of sp³-hybridized carbons (Fsp3) is 0.0714. The van der Waals surface area contributed by atoms with Gasteiger partial charge in [-0.3, -0.25) is 4.98 Å². The van der Waals surface area contributed by atoms with Crippen molar-refractivity contribution in [2.75, 3.05) is 0 Å². The third-order valence-electron chi connectivity index (χ3n) is 2.57. The molecule has 4 nitrogen and oxygen atoms in total. The van der Waals surface area contributed by atoms with Crippen molar-refractivity contribution in [2.24, 2.45) is 0 Å². The van der Waals surface area contributed by atoms with Crippen LogP contribution in [0.2, 0.25) is 0 Å². The maximum Gasteiger partial charge on any atom is 0.183 e. The van der Waals surface area contributed by atoms with Gasteiger partial charge in [0.15, 0.2) is 5.06 Å². The number of aryl methyl sites for hydroxylation is 1. The Morgan fingerprint density at radius 2 is 2.16 bits per heavy atom. The molecule has 0 unspecified atom stereocenters. The second-order valence-corrected chi connectivity index (χ2v) is 5.04. The molecule has 0 bridgehead atoms. The van der Waals surface area contributed by atoms with Gasteiger partial charge in [-0.15, -0.1) is 0 Å². The summed E-state index contributed by atoms with van der Waals surface area (Å²) < 4.78 is 6.72. The predicted octanol–water partition coefficient (Wildman–Crippen LogP) is 3.66. The lowest BCUT2D eigenvalue weighted by atomic mass is 10.3. The van der Waals surface area contributed by atoms with E-state index in [9.17, 15) is 0 Å². The normalized spacial score (nSPS) is 10.3. The summed E-state index contributed by atoms with van der Waals surface area (Å²) in [6, 6.07) is 11.2. The van der Waals surface area contributed by atoms with Crippen LogP contribution in [0, 0.1) is 18.3 Å². The first-order valence-electron chi connectivity index (χ1n) is 5.66. The first-order valence-corrected chi connectivity index (χ1v) is 6.47. The van der Waals surface area contributed by atoms with Gasteiger partial charge < -0.3 is 4.74 Å². The van der Waals surface area contributed by atoms with Crippen molar-refractivity contribution in [3.05, 3.63) is 47.9 Å². The number of aromatic nitrogens is 2. The molecule has 0 spiro atoms. The maximum atomic E-state index is 8.82. The first kappa shape index (κ1) is 11.6. The number of thiophene rings is 1. The Bertz CT molecular complexity index is 771. The van der Waals surface area contributed by atoms with Gasteiger partial charge in [-0.25, -0.2) is 4.98 Å². The smallest absolute Gasteiger partial charge is 0.183 e. The van der Waals surface area contributed by atoms with E-state index >= 15 is 0 Å². The lowest BCUT2D eigenvalue weighted by Crippen LogP contribution is -1.84. The van der Waals surface area contributed by atoms with E-state index in [1.807, 2.05) is 37.3 Å². The molecule has 5 heteroatoms. The number of fused-ring (bicyclic) bond motifs is 1. The fourth-order valence-electron chi connectivity index (χ4n) is 1.64. The molecule has 0 saturated carbocycles. The molecule has 0 saturated heterocycles. The van der Waals surface area contributed by atoms with Gasteiger partial charge in [0.1, 0.15) is 17.5 Å². The zero-order valence-electron chi connectivity index (χ0n) is 10.1. The molecule has 3 rings (SSSR count). The van der Waals surface area contributed by atoms with Crippen molar-refractivity contribution in [3.8, 4) is 16.9 Å². The number of hydrogen-bond acceptors (Lipinski definition) is 5. The molecule has 0 aliphatic heterocycles. The van der Waals surface area contributed by atoms with Crippen LogP contribution in [0.5, 0.6) is 10.8 Å². The second-order valence-electron chi connectivity index (χ2n) is 3.99. The van der Waals surface area contributed by atoms with Gasteiger partial charge in [0.2, 0.25) is 0 Å². The molecule has 0 amide bonds. The summed E-state index contributed by atoms with van der Waals surface area (Å²) in [7, 11) is 0. The van der Waals surface area contributed by atoms with Crippen LogP contribution in [0.1, 0.15) is 11.4 Å². The number of ether oxygens (including phenoxy) is 1. The highest BCUT2D eigenvalue weighted by atomic mass is 32.1. The predicted molar refractivity (Wildman–Crippen MR) is 73.4 cm³/mol. The minimum atomic E-state index is 0.411. The minimum absolute atomic E-state index is 0.411. The lowest BCUT2D eigenvalue weighted by molar-refractivity contribution is 0.494. The number of nitrogens with zero attached hydrogens (tertiary/aromatic N) is 3. The van der Waals surface area contributed by atoms with E-state index in [0.717, 1.165) is 21.0 Å². The lowest BCUT2D eigenvalue weighted by Gasteiger charge is -2.01. The quantitative estimate of drug-likeness (QED) is 0.711. The van der Waals surface area contributed by atoms with Crippen LogP contribution in [0.25, 0.3) is 10.2 Å². The molecule has 3 aromatic rings. The van der Waals surface area contributed by atoms with Crippen LogP contribution in [-0.2, 0) is 0 Å². The fourth-order valence-corrected chi connectivity index (χ4v) is 2.52. The molecule has 0 atom stereocenters. The zero-order valence-corrected chi connectivity index (χ0v) is 10.9. The number of hydrogen-bond donors (Lipinski definition) is 0. The van der Waals surface area contributed by atoms with Gasteiger partial charge in [-0.05, 0) is 31.2 Å². The van der Waals surface area contributed by atoms with Crippen LogP contribution in [0.4, 0.5) is 0 Å². The number of nitriles is 1. The average molecular weight is 267 g/mol. The molecule has 92 valence electrons. The highest BCUT2D eigenvalue weighted by Gasteiger charge is 2.06. The van der Waals surface area contributed by atoms with E-state index in [1.165, 1.54) is 11.3 Å². The summed E-state index contributed by atoms with van der Waals surface area (Å²) in [6.45, 7) is 1.93. The van der Waals surface area contributed by atoms with E-state index in [2.05, 4.69) is 9.97 Å². The minimum Gasteiger partial charge on any atom is -0.445 e. The summed E-state index contributed by atoms with van der Waals surface area (Å²) in [4.78, 5) is 8.40. The summed E-state index contributed by atoms with van der Waals surface area (Å²) >= 11 is 1.49. The van der Waals surface area contributed by atoms with Crippen LogP contribution >= 0.6 is 11.3 Å². The van der Waals surface area contributed by atoms with Crippen molar-refractivity contribution >= 4 is 21.6 Å². The third kappa shape index (κ3) is 2.39. The van der Waals surface area contributed by atoms with Crippen molar-refractivity contribution in [1.29, 1.82) is 5.26 Å². The van der Waals surface area contributed by atoms with Gasteiger partial charge >= 0.3 is 0 Å². The Morgan fingerprint density at radius 3 is 2.89 bits per heavy atom. The molecule has 3 aromatic heterocycles. The van der Waals surface area contributed by atoms with E-state index in [0.29, 0.717) is 11.4 Å². The Kier molecular flexibility index (Phi) is 2.86. The summed E-state index contributed by atoms with van der Waals surface area (Å²) in [6.07, 6.45) is 1.69. The molecule has 19 heavy (non-hydrogen) atoms. The Balaban J connectivity index is 1.93. The van der Waals surface area contributed by atoms with Gasteiger partial charge in [0, 0.05) is 11.8 Å². The largest absolute Gasteiger partial charge is 0.445 e. The molecule has 0 aromatic carbocycles. The van der Waals surface area contributed by atoms with E-state index in [-0.39, 0.29) is 0 Å². The van der Waals surface area contributed by atoms with Crippen molar-refractivity contribution < 1.29 is 4.74 Å². The number of rotatable bonds is 2. The van der Waals surface area contributed by atoms with E-state index in [4.69, 9.17) is 10.00 Å². The van der Waals surface area contributed by atoms with Gasteiger partial charge in [-0.1, -0.05) is 11.3 Å². The van der Waals surface area contributed by atoms with Crippen LogP contribution in [-0.4, -0.2) is 9.97 Å². The van der Waals surface area contributed by atoms with Crippen LogP contribution < -0.4 is 4.74 Å². The van der Waals surface area contributed by atoms with Crippen molar-refractivity contribution in [1.82, 2.24) is 9.97 Å². The maximum absolute atomic E-state index is 8.82. The Labute approximate surface area is 113 Å². The van der Waals surface area contributed by atoms with Crippen molar-refractivity contribution in [2.45, 2.75) is 6.92 Å². The van der Waals surface area contributed by atoms with Gasteiger partial charge in [-0.2, -0.15) is 5.26 Å². The topological polar surface area (TPSA) is 58.8 Å². The Morgan fingerprint density at radius 1 is 1.26 bits per heavy atom. The zero-order chi connectivity index (χ0) is 13.2. The number of pyridine rings is 2. The molecular formula is C14H9N3OS. The summed E-state index contributed by atoms with van der Waals surface area (Å²) in [5, 5.41) is 9.56. The van der Waals surface area contributed by atoms with Crippen LogP contribution in [0.3, 0.4) is 0 Å². The molecule has 0 aliphatic carbocycles. The first-order chi connectivity index (χ1) is 9.24. The molecule has 0 N–H and O–H groups in total. The van der Waals surface area contributed by atoms with Crippen molar-refractivity contribution in [3.63, 3.8) is 0 Å².